The van der Waals surface area contributed by atoms with Crippen LogP contribution in [-0.2, 0) is 9.59 Å². The fourth-order valence-electron chi connectivity index (χ4n) is 3.69. The normalized spacial score (nSPS) is 22.0. The number of anilines is 1. The molecule has 3 aliphatic rings. The molecule has 2 atom stereocenters. The number of hydrogen-bond acceptors (Lipinski definition) is 6. The molecule has 138 valence electrons. The van der Waals surface area contributed by atoms with E-state index in [-0.39, 0.29) is 36.2 Å². The number of piperidine rings is 1. The quantitative estimate of drug-likeness (QED) is 0.778. The van der Waals surface area contributed by atoms with E-state index in [0.29, 0.717) is 18.7 Å². The molecule has 4 rings (SSSR count). The van der Waals surface area contributed by atoms with Gasteiger partial charge in [-0.2, -0.15) is 5.26 Å². The van der Waals surface area contributed by atoms with Crippen molar-refractivity contribution in [1.29, 1.82) is 5.26 Å². The molecule has 2 amide bonds. The first kappa shape index (κ1) is 18.0. The summed E-state index contributed by atoms with van der Waals surface area (Å²) < 4.78 is 5.20. The molecule has 8 heteroatoms. The number of pyridine rings is 1. The van der Waals surface area contributed by atoms with Crippen LogP contribution in [0.4, 0.5) is 5.69 Å². The molecule has 0 aromatic carbocycles. The maximum atomic E-state index is 12.8. The molecule has 26 heavy (non-hydrogen) atoms. The highest BCUT2D eigenvalue weighted by Gasteiger charge is 2.42. The van der Waals surface area contributed by atoms with Gasteiger partial charge in [0.2, 0.25) is 17.7 Å². The Balaban J connectivity index is 1.90. The summed E-state index contributed by atoms with van der Waals surface area (Å²) in [6.45, 7) is 1.22. The minimum atomic E-state index is -0.172. The maximum Gasteiger partial charge on any atom is 0.241 e. The molecule has 8 nitrogen and oxygen atoms in total. The van der Waals surface area contributed by atoms with Crippen LogP contribution < -0.4 is 9.64 Å². The average Bonchev–Trinajstić information content (AvgIpc) is 2.93. The van der Waals surface area contributed by atoms with Gasteiger partial charge in [0.25, 0.3) is 0 Å². The number of rotatable bonds is 4. The summed E-state index contributed by atoms with van der Waals surface area (Å²) in [5, 5.41) is 9.54. The first-order valence-corrected chi connectivity index (χ1v) is 8.65. The van der Waals surface area contributed by atoms with E-state index < -0.39 is 0 Å². The standard InChI is InChI=1S/C18H23N5O3/c1-21(2)16(24)11-23-13-5-4-12(18(23)25)9-22(10-13)15-6-7-20-17(26-3)14(15)8-19/h6-7,12-13H,4-5,9-11H2,1-3H3/t12-,13+/m1/s1. The zero-order valence-electron chi connectivity index (χ0n) is 15.3. The zero-order valence-corrected chi connectivity index (χ0v) is 15.3. The summed E-state index contributed by atoms with van der Waals surface area (Å²) in [4.78, 5) is 34.3. The van der Waals surface area contributed by atoms with Crippen molar-refractivity contribution in [3.8, 4) is 11.9 Å². The summed E-state index contributed by atoms with van der Waals surface area (Å²) in [6.07, 6.45) is 3.27. The Morgan fingerprint density at radius 2 is 2.19 bits per heavy atom. The van der Waals surface area contributed by atoms with Crippen LogP contribution in [0.2, 0.25) is 0 Å². The number of fused-ring (bicyclic) bond motifs is 4. The number of nitrogens with zero attached hydrogens (tertiary/aromatic N) is 5. The summed E-state index contributed by atoms with van der Waals surface area (Å²) in [6, 6.07) is 3.90. The van der Waals surface area contributed by atoms with Crippen molar-refractivity contribution in [2.45, 2.75) is 18.9 Å². The van der Waals surface area contributed by atoms with E-state index in [1.807, 2.05) is 0 Å². The third kappa shape index (κ3) is 3.17. The highest BCUT2D eigenvalue weighted by molar-refractivity contribution is 5.87. The summed E-state index contributed by atoms with van der Waals surface area (Å²) in [5.41, 5.74) is 1.10. The molecule has 4 heterocycles. The van der Waals surface area contributed by atoms with Gasteiger partial charge in [0.1, 0.15) is 18.2 Å². The number of aromatic nitrogens is 1. The van der Waals surface area contributed by atoms with Gasteiger partial charge in [-0.25, -0.2) is 4.98 Å². The van der Waals surface area contributed by atoms with Crippen molar-refractivity contribution in [3.05, 3.63) is 17.8 Å². The molecule has 3 aliphatic heterocycles. The largest absolute Gasteiger partial charge is 0.480 e. The Bertz CT molecular complexity index is 758. The second kappa shape index (κ2) is 7.20. The Morgan fingerprint density at radius 1 is 1.42 bits per heavy atom. The minimum absolute atomic E-state index is 0.0264. The molecule has 0 radical (unpaired) electrons. The molecule has 2 bridgehead atoms. The van der Waals surface area contributed by atoms with Crippen molar-refractivity contribution in [2.24, 2.45) is 5.92 Å². The third-order valence-electron chi connectivity index (χ3n) is 5.14. The van der Waals surface area contributed by atoms with Gasteiger partial charge >= 0.3 is 0 Å². The van der Waals surface area contributed by atoms with Crippen molar-refractivity contribution in [1.82, 2.24) is 14.8 Å². The van der Waals surface area contributed by atoms with Crippen LogP contribution in [0.1, 0.15) is 18.4 Å². The van der Waals surface area contributed by atoms with Gasteiger partial charge in [0.15, 0.2) is 0 Å². The van der Waals surface area contributed by atoms with E-state index in [0.717, 1.165) is 18.5 Å². The monoisotopic (exact) mass is 357 g/mol. The number of carbonyl (C=O) groups is 2. The van der Waals surface area contributed by atoms with E-state index in [1.165, 1.54) is 12.0 Å². The van der Waals surface area contributed by atoms with Crippen LogP contribution in [0.5, 0.6) is 5.88 Å². The van der Waals surface area contributed by atoms with Gasteiger partial charge in [-0.15, -0.1) is 0 Å². The van der Waals surface area contributed by atoms with Crippen LogP contribution >= 0.6 is 0 Å². The summed E-state index contributed by atoms with van der Waals surface area (Å²) >= 11 is 0. The molecule has 0 unspecified atom stereocenters. The third-order valence-corrected chi connectivity index (χ3v) is 5.14. The van der Waals surface area contributed by atoms with Crippen LogP contribution in [0.3, 0.4) is 0 Å². The van der Waals surface area contributed by atoms with E-state index in [4.69, 9.17) is 4.74 Å². The van der Waals surface area contributed by atoms with Gasteiger partial charge in [-0.1, -0.05) is 0 Å². The molecule has 0 spiro atoms. The highest BCUT2D eigenvalue weighted by Crippen LogP contribution is 2.34. The number of likely N-dealkylation sites (N-methyl/N-ethyl adjacent to an activating group) is 1. The summed E-state index contributed by atoms with van der Waals surface area (Å²) in [7, 11) is 4.87. The first-order chi connectivity index (χ1) is 12.5. The van der Waals surface area contributed by atoms with Gasteiger partial charge in [0, 0.05) is 39.4 Å². The molecule has 3 fully saturated rings. The zero-order chi connectivity index (χ0) is 18.8. The van der Waals surface area contributed by atoms with Crippen molar-refractivity contribution in [2.75, 3.05) is 45.7 Å². The predicted molar refractivity (Wildman–Crippen MR) is 94.6 cm³/mol. The molecular weight excluding hydrogens is 334 g/mol. The second-order valence-corrected chi connectivity index (χ2v) is 6.91. The first-order valence-electron chi connectivity index (χ1n) is 8.65. The molecular formula is C18H23N5O3. The van der Waals surface area contributed by atoms with Gasteiger partial charge in [0.05, 0.1) is 18.7 Å². The Morgan fingerprint density at radius 3 is 2.85 bits per heavy atom. The number of nitriles is 1. The SMILES string of the molecule is COc1nccc(N2C[C@H]3CC[C@@H](C2)N(CC(=O)N(C)C)C3=O)c1C#N. The van der Waals surface area contributed by atoms with Crippen LogP contribution in [-0.4, -0.2) is 73.5 Å². The number of hydrogen-bond donors (Lipinski definition) is 0. The lowest BCUT2D eigenvalue weighted by Crippen LogP contribution is -2.51. The fourth-order valence-corrected chi connectivity index (χ4v) is 3.69. The van der Waals surface area contributed by atoms with Crippen molar-refractivity contribution < 1.29 is 14.3 Å². The number of carbonyl (C=O) groups excluding carboxylic acids is 2. The highest BCUT2D eigenvalue weighted by atomic mass is 16.5. The lowest BCUT2D eigenvalue weighted by Gasteiger charge is -2.36. The van der Waals surface area contributed by atoms with E-state index >= 15 is 0 Å². The Labute approximate surface area is 152 Å². The van der Waals surface area contributed by atoms with Crippen LogP contribution in [0, 0.1) is 17.2 Å². The lowest BCUT2D eigenvalue weighted by atomic mass is 9.94. The van der Waals surface area contributed by atoms with E-state index in [2.05, 4.69) is 16.0 Å². The molecule has 1 aromatic heterocycles. The number of methoxy groups -OCH3 is 1. The average molecular weight is 357 g/mol. The van der Waals surface area contributed by atoms with Crippen molar-refractivity contribution >= 4 is 17.5 Å². The van der Waals surface area contributed by atoms with Gasteiger partial charge in [-0.05, 0) is 18.9 Å². The fraction of sp³-hybridized carbons (Fsp3) is 0.556. The van der Waals surface area contributed by atoms with E-state index in [9.17, 15) is 14.9 Å². The van der Waals surface area contributed by atoms with Gasteiger partial charge in [-0.3, -0.25) is 9.59 Å². The molecule has 0 N–H and O–H groups in total. The Hall–Kier alpha value is -2.82. The predicted octanol–water partition coefficient (Wildman–Crippen LogP) is 0.477. The van der Waals surface area contributed by atoms with Crippen molar-refractivity contribution in [3.63, 3.8) is 0 Å². The second-order valence-electron chi connectivity index (χ2n) is 6.91. The lowest BCUT2D eigenvalue weighted by molar-refractivity contribution is -0.145. The minimum Gasteiger partial charge on any atom is -0.480 e. The molecule has 0 aliphatic carbocycles. The maximum absolute atomic E-state index is 12.8. The summed E-state index contributed by atoms with van der Waals surface area (Å²) in [5.74, 6) is 0.0567. The smallest absolute Gasteiger partial charge is 0.241 e. The van der Waals surface area contributed by atoms with Gasteiger partial charge < -0.3 is 19.4 Å². The topological polar surface area (TPSA) is 89.8 Å². The molecule has 3 saturated heterocycles. The number of ether oxygens (including phenoxy) is 1. The Kier molecular flexibility index (Phi) is 4.98. The molecule has 0 saturated carbocycles. The van der Waals surface area contributed by atoms with Crippen LogP contribution in [0.25, 0.3) is 0 Å². The number of amides is 2. The molecule has 1 aromatic rings. The van der Waals surface area contributed by atoms with E-state index in [1.54, 1.807) is 31.3 Å². The van der Waals surface area contributed by atoms with Crippen LogP contribution in [0.15, 0.2) is 12.3 Å².